The maximum Gasteiger partial charge on any atom is 0.0817 e. The predicted molar refractivity (Wildman–Crippen MR) is 110 cm³/mol. The van der Waals surface area contributed by atoms with E-state index in [4.69, 9.17) is 0 Å². The van der Waals surface area contributed by atoms with Crippen molar-refractivity contribution in [3.8, 4) is 0 Å². The third kappa shape index (κ3) is 2.91. The number of hydrogen-bond acceptors (Lipinski definition) is 3. The summed E-state index contributed by atoms with van der Waals surface area (Å²) >= 11 is 0. The van der Waals surface area contributed by atoms with E-state index in [0.717, 1.165) is 43.1 Å². The molecular weight excluding hydrogens is 346 g/mol. The summed E-state index contributed by atoms with van der Waals surface area (Å²) in [6.45, 7) is 9.83. The van der Waals surface area contributed by atoms with E-state index >= 15 is 0 Å². The number of nitrogens with zero attached hydrogens (tertiary/aromatic N) is 3. The summed E-state index contributed by atoms with van der Waals surface area (Å²) in [5.74, 6) is 3.82. The molecule has 0 saturated heterocycles. The first kappa shape index (κ1) is 18.6. The van der Waals surface area contributed by atoms with Crippen molar-refractivity contribution in [3.05, 3.63) is 36.2 Å². The first-order chi connectivity index (χ1) is 13.4. The molecule has 4 aliphatic rings. The molecule has 3 fully saturated rings. The van der Waals surface area contributed by atoms with Gasteiger partial charge in [0.2, 0.25) is 0 Å². The van der Waals surface area contributed by atoms with E-state index in [1.165, 1.54) is 44.1 Å². The van der Waals surface area contributed by atoms with Crippen LogP contribution in [0, 0.1) is 35.0 Å². The molecule has 5 rings (SSSR count). The van der Waals surface area contributed by atoms with Gasteiger partial charge in [-0.2, -0.15) is 15.0 Å². The lowest BCUT2D eigenvalue weighted by Crippen LogP contribution is -2.47. The molecule has 3 saturated carbocycles. The summed E-state index contributed by atoms with van der Waals surface area (Å²) in [4.78, 5) is 1.79. The predicted octanol–water partition coefficient (Wildman–Crippen LogP) is 4.77. The van der Waals surface area contributed by atoms with Gasteiger partial charge in [0.05, 0.1) is 24.5 Å². The third-order valence-corrected chi connectivity index (χ3v) is 9.02. The van der Waals surface area contributed by atoms with Crippen LogP contribution >= 0.6 is 0 Å². The average molecular weight is 382 g/mol. The van der Waals surface area contributed by atoms with Crippen LogP contribution in [-0.2, 0) is 6.54 Å². The van der Waals surface area contributed by atoms with Crippen LogP contribution in [0.4, 0.5) is 0 Å². The highest BCUT2D eigenvalue weighted by Crippen LogP contribution is 2.64. The second-order valence-electron chi connectivity index (χ2n) is 10.7. The van der Waals surface area contributed by atoms with E-state index in [1.807, 2.05) is 6.92 Å². The standard InChI is InChI=1S/C24H35N3O/c1-16(15-27-25-12-13-26-27)21-6-7-22-20-5-4-17-14-23(2,28)10-8-18(17)19(20)9-11-24(21,22)3/h4,12-13,18-22,28H,1,5-11,14-15H2,2-3H3/t18-,19+,20+,21+,22-,23+,24+/m0/s1. The molecular formula is C24H35N3O. The molecule has 0 spiro atoms. The van der Waals surface area contributed by atoms with Crippen LogP contribution in [0.15, 0.2) is 36.2 Å². The van der Waals surface area contributed by atoms with Crippen LogP contribution in [0.25, 0.3) is 0 Å². The average Bonchev–Trinajstić information content (AvgIpc) is 3.27. The number of aliphatic hydroxyl groups is 1. The van der Waals surface area contributed by atoms with Crippen molar-refractivity contribution in [1.82, 2.24) is 15.0 Å². The fourth-order valence-electron chi connectivity index (χ4n) is 7.75. The molecule has 0 aliphatic heterocycles. The summed E-state index contributed by atoms with van der Waals surface area (Å²) < 4.78 is 0. The monoisotopic (exact) mass is 381 g/mol. The third-order valence-electron chi connectivity index (χ3n) is 9.02. The Morgan fingerprint density at radius 3 is 2.71 bits per heavy atom. The second kappa shape index (κ2) is 6.55. The zero-order valence-electron chi connectivity index (χ0n) is 17.5. The van der Waals surface area contributed by atoms with Gasteiger partial charge in [-0.25, -0.2) is 0 Å². The van der Waals surface area contributed by atoms with E-state index in [0.29, 0.717) is 11.3 Å². The maximum absolute atomic E-state index is 10.5. The van der Waals surface area contributed by atoms with Gasteiger partial charge >= 0.3 is 0 Å². The van der Waals surface area contributed by atoms with Crippen LogP contribution in [0.5, 0.6) is 0 Å². The number of rotatable bonds is 3. The van der Waals surface area contributed by atoms with E-state index in [2.05, 4.69) is 29.8 Å². The van der Waals surface area contributed by atoms with Crippen LogP contribution < -0.4 is 0 Å². The Balaban J connectivity index is 1.35. The highest BCUT2D eigenvalue weighted by Gasteiger charge is 2.56. The summed E-state index contributed by atoms with van der Waals surface area (Å²) in [6, 6.07) is 0. The van der Waals surface area contributed by atoms with E-state index in [9.17, 15) is 5.11 Å². The van der Waals surface area contributed by atoms with Crippen LogP contribution in [0.2, 0.25) is 0 Å². The Kier molecular flexibility index (Phi) is 4.35. The first-order valence-corrected chi connectivity index (χ1v) is 11.3. The Labute approximate surface area is 169 Å². The van der Waals surface area contributed by atoms with Gasteiger partial charge in [-0.1, -0.05) is 30.7 Å². The zero-order valence-corrected chi connectivity index (χ0v) is 17.5. The molecule has 152 valence electrons. The quantitative estimate of drug-likeness (QED) is 0.767. The van der Waals surface area contributed by atoms with Gasteiger partial charge in [0.15, 0.2) is 0 Å². The van der Waals surface area contributed by atoms with Crippen molar-refractivity contribution in [1.29, 1.82) is 0 Å². The molecule has 1 N–H and O–H groups in total. The van der Waals surface area contributed by atoms with Gasteiger partial charge < -0.3 is 5.11 Å². The van der Waals surface area contributed by atoms with Crippen LogP contribution in [0.1, 0.15) is 65.2 Å². The normalized spacial score (nSPS) is 45.0. The number of hydrogen-bond donors (Lipinski definition) is 1. The Hall–Kier alpha value is -1.42. The fraction of sp³-hybridized carbons (Fsp3) is 0.750. The topological polar surface area (TPSA) is 50.9 Å². The summed E-state index contributed by atoms with van der Waals surface area (Å²) in [5, 5.41) is 19.1. The molecule has 0 amide bonds. The summed E-state index contributed by atoms with van der Waals surface area (Å²) in [6.07, 6.45) is 15.6. The van der Waals surface area contributed by atoms with Gasteiger partial charge in [-0.05, 0) is 93.3 Å². The summed E-state index contributed by atoms with van der Waals surface area (Å²) in [5.41, 5.74) is 2.80. The van der Waals surface area contributed by atoms with Gasteiger partial charge in [-0.3, -0.25) is 0 Å². The molecule has 1 aromatic rings. The van der Waals surface area contributed by atoms with Crippen molar-refractivity contribution in [3.63, 3.8) is 0 Å². The lowest BCUT2D eigenvalue weighted by atomic mass is 9.51. The zero-order chi connectivity index (χ0) is 19.5. The molecule has 4 heteroatoms. The second-order valence-corrected chi connectivity index (χ2v) is 10.7. The number of fused-ring (bicyclic) bond motifs is 5. The van der Waals surface area contributed by atoms with Gasteiger partial charge in [0, 0.05) is 0 Å². The number of allylic oxidation sites excluding steroid dienone is 2. The highest BCUT2D eigenvalue weighted by atomic mass is 16.3. The van der Waals surface area contributed by atoms with Crippen molar-refractivity contribution in [2.75, 3.05) is 0 Å². The molecule has 1 aromatic heterocycles. The molecule has 7 atom stereocenters. The van der Waals surface area contributed by atoms with Gasteiger partial charge in [-0.15, -0.1) is 0 Å². The Bertz CT molecular complexity index is 780. The maximum atomic E-state index is 10.5. The summed E-state index contributed by atoms with van der Waals surface area (Å²) in [7, 11) is 0. The minimum atomic E-state index is -0.477. The highest BCUT2D eigenvalue weighted by molar-refractivity contribution is 5.23. The molecule has 0 radical (unpaired) electrons. The molecule has 0 unspecified atom stereocenters. The van der Waals surface area contributed by atoms with Crippen molar-refractivity contribution in [2.24, 2.45) is 35.0 Å². The molecule has 4 aliphatic carbocycles. The molecule has 28 heavy (non-hydrogen) atoms. The lowest BCUT2D eigenvalue weighted by Gasteiger charge is -2.54. The van der Waals surface area contributed by atoms with Crippen molar-refractivity contribution >= 4 is 0 Å². The number of aromatic nitrogens is 3. The van der Waals surface area contributed by atoms with E-state index < -0.39 is 5.60 Å². The SMILES string of the molecule is C=C(Cn1nccn1)[C@H]1CC[C@H]2[C@@H]3CC=C4C[C@](C)(O)CC[C@@H]4[C@H]3CC[C@]12C. The Morgan fingerprint density at radius 2 is 1.93 bits per heavy atom. The van der Waals surface area contributed by atoms with Crippen molar-refractivity contribution in [2.45, 2.75) is 77.4 Å². The molecule has 1 heterocycles. The van der Waals surface area contributed by atoms with Gasteiger partial charge in [0.25, 0.3) is 0 Å². The van der Waals surface area contributed by atoms with Gasteiger partial charge in [0.1, 0.15) is 0 Å². The Morgan fingerprint density at radius 1 is 1.14 bits per heavy atom. The first-order valence-electron chi connectivity index (χ1n) is 11.3. The smallest absolute Gasteiger partial charge is 0.0817 e. The van der Waals surface area contributed by atoms with E-state index in [-0.39, 0.29) is 0 Å². The molecule has 0 bridgehead atoms. The lowest BCUT2D eigenvalue weighted by molar-refractivity contribution is -0.0293. The van der Waals surface area contributed by atoms with Crippen LogP contribution in [-0.4, -0.2) is 25.7 Å². The fourth-order valence-corrected chi connectivity index (χ4v) is 7.75. The molecule has 0 aromatic carbocycles. The van der Waals surface area contributed by atoms with E-state index in [1.54, 1.807) is 22.8 Å². The van der Waals surface area contributed by atoms with Crippen LogP contribution in [0.3, 0.4) is 0 Å². The largest absolute Gasteiger partial charge is 0.390 e. The minimum Gasteiger partial charge on any atom is -0.390 e. The molecule has 4 nitrogen and oxygen atoms in total. The minimum absolute atomic E-state index is 0.386. The van der Waals surface area contributed by atoms with Crippen molar-refractivity contribution < 1.29 is 5.11 Å².